The van der Waals surface area contributed by atoms with Crippen molar-refractivity contribution >= 4 is 33.2 Å². The third-order valence-corrected chi connectivity index (χ3v) is 8.42. The molecule has 0 spiro atoms. The highest BCUT2D eigenvalue weighted by atomic mass is 35.5. The predicted octanol–water partition coefficient (Wildman–Crippen LogP) is 4.15. The smallest absolute Gasteiger partial charge is 0.264 e. The Morgan fingerprint density at radius 1 is 1.00 bits per heavy atom. The van der Waals surface area contributed by atoms with Crippen molar-refractivity contribution in [2.75, 3.05) is 44.2 Å². The highest BCUT2D eigenvalue weighted by Gasteiger charge is 2.20. The van der Waals surface area contributed by atoms with Crippen LogP contribution in [0.15, 0.2) is 65.6 Å². The molecule has 3 aromatic carbocycles. The number of carbonyl (C=O) groups is 1. The lowest BCUT2D eigenvalue weighted by Crippen LogP contribution is -2.47. The molecular weight excluding hydrogens is 524 g/mol. The molecule has 4 rings (SSSR count). The zero-order valence-electron chi connectivity index (χ0n) is 21.3. The Balaban J connectivity index is 1.26. The predicted molar refractivity (Wildman–Crippen MR) is 147 cm³/mol. The topological polar surface area (TPSA) is 103 Å². The molecule has 0 atom stereocenters. The lowest BCUT2D eigenvalue weighted by Gasteiger charge is -2.36. The summed E-state index contributed by atoms with van der Waals surface area (Å²) in [6, 6.07) is 18.1. The van der Waals surface area contributed by atoms with Gasteiger partial charge in [0, 0.05) is 49.0 Å². The molecule has 3 aromatic rings. The second kappa shape index (κ2) is 11.9. The van der Waals surface area contributed by atoms with E-state index in [9.17, 15) is 13.2 Å². The van der Waals surface area contributed by atoms with Gasteiger partial charge in [0.15, 0.2) is 0 Å². The summed E-state index contributed by atoms with van der Waals surface area (Å²) in [6.07, 6.45) is 0. The summed E-state index contributed by atoms with van der Waals surface area (Å²) < 4.78 is 33.1. The number of nitrogens with one attached hydrogen (secondary N) is 1. The van der Waals surface area contributed by atoms with E-state index in [4.69, 9.17) is 21.6 Å². The maximum absolute atomic E-state index is 12.6. The molecule has 1 fully saturated rings. The van der Waals surface area contributed by atoms with Crippen LogP contribution in [0.1, 0.15) is 27.0 Å². The van der Waals surface area contributed by atoms with E-state index in [0.29, 0.717) is 12.2 Å². The highest BCUT2D eigenvalue weighted by molar-refractivity contribution is 7.90. The molecule has 0 radical (unpaired) electrons. The maximum atomic E-state index is 12.6. The lowest BCUT2D eigenvalue weighted by molar-refractivity contribution is 0.0981. The molecule has 0 bridgehead atoms. The Morgan fingerprint density at radius 3 is 2.18 bits per heavy atom. The molecule has 1 aliphatic rings. The fraction of sp³-hybridized carbons (Fsp3) is 0.286. The molecule has 0 saturated carbocycles. The van der Waals surface area contributed by atoms with E-state index in [-0.39, 0.29) is 10.5 Å². The SMILES string of the molecule is Cc1cc(OCCN2CCN(c3ccc(C(=O)NS(=O)(=O)c4ccc(C#N)cc4)cc3)CC2)cc(C)c1Cl. The van der Waals surface area contributed by atoms with Crippen molar-refractivity contribution in [3.8, 4) is 11.8 Å². The lowest BCUT2D eigenvalue weighted by atomic mass is 10.1. The van der Waals surface area contributed by atoms with E-state index in [1.165, 1.54) is 24.3 Å². The van der Waals surface area contributed by atoms with Crippen molar-refractivity contribution in [2.24, 2.45) is 0 Å². The van der Waals surface area contributed by atoms with Crippen LogP contribution in [0.5, 0.6) is 5.75 Å². The quantitative estimate of drug-likeness (QED) is 0.448. The van der Waals surface area contributed by atoms with Gasteiger partial charge >= 0.3 is 0 Å². The van der Waals surface area contributed by atoms with Gasteiger partial charge in [-0.3, -0.25) is 9.69 Å². The maximum Gasteiger partial charge on any atom is 0.264 e. The molecule has 1 saturated heterocycles. The summed E-state index contributed by atoms with van der Waals surface area (Å²) in [6.45, 7) is 8.78. The summed E-state index contributed by atoms with van der Waals surface area (Å²) >= 11 is 6.23. The van der Waals surface area contributed by atoms with Crippen LogP contribution in [0.3, 0.4) is 0 Å². The molecule has 8 nitrogen and oxygen atoms in total. The zero-order chi connectivity index (χ0) is 27.3. The summed E-state index contributed by atoms with van der Waals surface area (Å²) in [5, 5.41) is 9.64. The van der Waals surface area contributed by atoms with Crippen molar-refractivity contribution in [1.82, 2.24) is 9.62 Å². The summed E-state index contributed by atoms with van der Waals surface area (Å²) in [5.74, 6) is 0.119. The highest BCUT2D eigenvalue weighted by Crippen LogP contribution is 2.26. The van der Waals surface area contributed by atoms with Crippen molar-refractivity contribution in [1.29, 1.82) is 5.26 Å². The first-order valence-corrected chi connectivity index (χ1v) is 14.1. The van der Waals surface area contributed by atoms with Gasteiger partial charge in [-0.15, -0.1) is 0 Å². The van der Waals surface area contributed by atoms with Crippen molar-refractivity contribution in [2.45, 2.75) is 18.7 Å². The Hall–Kier alpha value is -3.58. The number of amides is 1. The van der Waals surface area contributed by atoms with Crippen molar-refractivity contribution < 1.29 is 17.9 Å². The molecule has 38 heavy (non-hydrogen) atoms. The van der Waals surface area contributed by atoms with Gasteiger partial charge < -0.3 is 9.64 Å². The second-order valence-electron chi connectivity index (χ2n) is 9.17. The van der Waals surface area contributed by atoms with E-state index in [2.05, 4.69) is 14.5 Å². The number of benzene rings is 3. The molecule has 1 amide bonds. The number of ether oxygens (including phenoxy) is 1. The summed E-state index contributed by atoms with van der Waals surface area (Å²) in [4.78, 5) is 17.1. The third kappa shape index (κ3) is 6.64. The Bertz CT molecular complexity index is 1420. The molecule has 0 aliphatic carbocycles. The van der Waals surface area contributed by atoms with Crippen LogP contribution in [0, 0.1) is 25.2 Å². The number of sulfonamides is 1. The van der Waals surface area contributed by atoms with Gasteiger partial charge in [-0.2, -0.15) is 5.26 Å². The molecule has 0 unspecified atom stereocenters. The second-order valence-corrected chi connectivity index (χ2v) is 11.2. The average Bonchev–Trinajstić information content (AvgIpc) is 2.92. The third-order valence-electron chi connectivity index (χ3n) is 6.47. The van der Waals surface area contributed by atoms with Crippen LogP contribution in [0.25, 0.3) is 0 Å². The van der Waals surface area contributed by atoms with Crippen molar-refractivity contribution in [3.63, 3.8) is 0 Å². The molecule has 0 aromatic heterocycles. The molecule has 198 valence electrons. The van der Waals surface area contributed by atoms with Crippen LogP contribution in [0.2, 0.25) is 5.02 Å². The van der Waals surface area contributed by atoms with Crippen LogP contribution in [-0.2, 0) is 10.0 Å². The minimum atomic E-state index is -4.04. The van der Waals surface area contributed by atoms with Gasteiger partial charge in [-0.05, 0) is 85.6 Å². The van der Waals surface area contributed by atoms with Gasteiger partial charge in [-0.25, -0.2) is 13.1 Å². The van der Waals surface area contributed by atoms with E-state index in [1.54, 1.807) is 12.1 Å². The Labute approximate surface area is 228 Å². The minimum Gasteiger partial charge on any atom is -0.492 e. The molecule has 10 heteroatoms. The van der Waals surface area contributed by atoms with Gasteiger partial charge in [0.05, 0.1) is 16.5 Å². The number of hydrogen-bond donors (Lipinski definition) is 1. The fourth-order valence-electron chi connectivity index (χ4n) is 4.28. The number of aryl methyl sites for hydroxylation is 2. The molecule has 1 aliphatic heterocycles. The number of anilines is 1. The van der Waals surface area contributed by atoms with E-state index in [1.807, 2.05) is 44.2 Å². The number of nitrogens with zero attached hydrogens (tertiary/aromatic N) is 3. The fourth-order valence-corrected chi connectivity index (χ4v) is 5.37. The zero-order valence-corrected chi connectivity index (χ0v) is 22.8. The first kappa shape index (κ1) is 27.5. The number of piperazine rings is 1. The van der Waals surface area contributed by atoms with Gasteiger partial charge in [-0.1, -0.05) is 11.6 Å². The average molecular weight is 553 g/mol. The monoisotopic (exact) mass is 552 g/mol. The molecule has 1 heterocycles. The van der Waals surface area contributed by atoms with Gasteiger partial charge in [0.2, 0.25) is 0 Å². The first-order chi connectivity index (χ1) is 18.2. The number of nitriles is 1. The van der Waals surface area contributed by atoms with E-state index in [0.717, 1.165) is 60.3 Å². The molecular formula is C28H29ClN4O4S. The van der Waals surface area contributed by atoms with E-state index < -0.39 is 15.9 Å². The van der Waals surface area contributed by atoms with Gasteiger partial charge in [0.25, 0.3) is 15.9 Å². The number of rotatable bonds is 8. The van der Waals surface area contributed by atoms with E-state index >= 15 is 0 Å². The summed E-state index contributed by atoms with van der Waals surface area (Å²) in [7, 11) is -4.04. The van der Waals surface area contributed by atoms with Crippen LogP contribution >= 0.6 is 11.6 Å². The van der Waals surface area contributed by atoms with Crippen LogP contribution in [-0.4, -0.2) is 58.6 Å². The molecule has 1 N–H and O–H groups in total. The first-order valence-electron chi connectivity index (χ1n) is 12.2. The number of carbonyl (C=O) groups excluding carboxylic acids is 1. The van der Waals surface area contributed by atoms with Gasteiger partial charge in [0.1, 0.15) is 12.4 Å². The number of halogens is 1. The normalized spacial score (nSPS) is 14.1. The summed E-state index contributed by atoms with van der Waals surface area (Å²) in [5.41, 5.74) is 3.57. The largest absolute Gasteiger partial charge is 0.492 e. The number of hydrogen-bond acceptors (Lipinski definition) is 7. The van der Waals surface area contributed by atoms with Crippen molar-refractivity contribution in [3.05, 3.63) is 87.9 Å². The Kier molecular flexibility index (Phi) is 8.57. The van der Waals surface area contributed by atoms with Crippen LogP contribution in [0.4, 0.5) is 5.69 Å². The Morgan fingerprint density at radius 2 is 1.61 bits per heavy atom. The minimum absolute atomic E-state index is 0.0804. The van der Waals surface area contributed by atoms with Crippen LogP contribution < -0.4 is 14.4 Å². The standard InChI is InChI=1S/C28H29ClN4O4S/c1-20-17-25(18-21(2)27(20)29)37-16-15-32-11-13-33(14-12-32)24-7-5-23(6-8-24)28(34)31-38(35,36)26-9-3-22(19-30)4-10-26/h3-10,17-18H,11-16H2,1-2H3,(H,31,34).